The highest BCUT2D eigenvalue weighted by atomic mass is 35.5. The number of carbonyl (C=O) groups is 2. The van der Waals surface area contributed by atoms with Crippen LogP contribution in [-0.4, -0.2) is 35.8 Å². The molecule has 2 aromatic rings. The Hall–Kier alpha value is -2.11. The molecule has 2 amide bonds. The molecule has 26 heavy (non-hydrogen) atoms. The first-order valence-electron chi connectivity index (χ1n) is 8.13. The minimum atomic E-state index is -0.733. The summed E-state index contributed by atoms with van der Waals surface area (Å²) in [5, 5.41) is 0.657. The maximum absolute atomic E-state index is 14.2. The topological polar surface area (TPSA) is 40.6 Å². The van der Waals surface area contributed by atoms with Crippen LogP contribution in [-0.2, 0) is 4.79 Å². The van der Waals surface area contributed by atoms with Crippen molar-refractivity contribution in [2.75, 3.05) is 18.0 Å². The number of carbonyl (C=O) groups excluding carboxylic acids is 2. The summed E-state index contributed by atoms with van der Waals surface area (Å²) in [6, 6.07) is 8.49. The van der Waals surface area contributed by atoms with Crippen molar-refractivity contribution in [2.24, 2.45) is 0 Å². The van der Waals surface area contributed by atoms with Crippen LogP contribution < -0.4 is 4.90 Å². The molecule has 0 N–H and O–H groups in total. The second-order valence-electron chi connectivity index (χ2n) is 6.24. The van der Waals surface area contributed by atoms with Crippen molar-refractivity contribution >= 4 is 40.7 Å². The fourth-order valence-corrected chi connectivity index (χ4v) is 3.52. The number of anilines is 1. The van der Waals surface area contributed by atoms with Gasteiger partial charge in [0, 0.05) is 18.1 Å². The minimum absolute atomic E-state index is 0.209. The summed E-state index contributed by atoms with van der Waals surface area (Å²) < 4.78 is 14.2. The van der Waals surface area contributed by atoms with E-state index in [1.807, 2.05) is 6.92 Å². The van der Waals surface area contributed by atoms with Crippen LogP contribution in [0.25, 0.3) is 0 Å². The Bertz CT molecular complexity index is 888. The Morgan fingerprint density at radius 2 is 1.88 bits per heavy atom. The molecule has 1 heterocycles. The average Bonchev–Trinajstić information content (AvgIpc) is 2.59. The molecule has 0 radical (unpaired) electrons. The van der Waals surface area contributed by atoms with Crippen LogP contribution in [0, 0.1) is 12.7 Å². The zero-order valence-electron chi connectivity index (χ0n) is 14.3. The highest BCUT2D eigenvalue weighted by molar-refractivity contribution is 6.36. The number of hydrogen-bond acceptors (Lipinski definition) is 2. The molecule has 7 heteroatoms. The van der Waals surface area contributed by atoms with Gasteiger partial charge in [0.25, 0.3) is 5.91 Å². The van der Waals surface area contributed by atoms with Gasteiger partial charge in [-0.25, -0.2) is 4.39 Å². The van der Waals surface area contributed by atoms with Crippen LogP contribution in [0.1, 0.15) is 22.8 Å². The monoisotopic (exact) mass is 394 g/mol. The van der Waals surface area contributed by atoms with Gasteiger partial charge in [0.15, 0.2) is 0 Å². The lowest BCUT2D eigenvalue weighted by molar-refractivity contribution is -0.124. The molecular formula is C19H17Cl2FN2O2. The van der Waals surface area contributed by atoms with Gasteiger partial charge >= 0.3 is 0 Å². The zero-order chi connectivity index (χ0) is 19.0. The molecule has 0 spiro atoms. The van der Waals surface area contributed by atoms with Crippen molar-refractivity contribution in [3.8, 4) is 0 Å². The molecule has 1 atom stereocenters. The third-order valence-electron chi connectivity index (χ3n) is 4.47. The molecule has 2 aromatic carbocycles. The summed E-state index contributed by atoms with van der Waals surface area (Å²) in [7, 11) is 0. The summed E-state index contributed by atoms with van der Waals surface area (Å²) in [5.74, 6) is -1.15. The van der Waals surface area contributed by atoms with E-state index in [9.17, 15) is 14.0 Å². The molecule has 136 valence electrons. The SMILES string of the molecule is Cc1ccc(F)c(N2CCN(C(=O)c3ccc(Cl)cc3Cl)C(C)C2=O)c1. The number of hydrogen-bond donors (Lipinski definition) is 0. The molecule has 3 rings (SSSR count). The largest absolute Gasteiger partial charge is 0.325 e. The van der Waals surface area contributed by atoms with Gasteiger partial charge < -0.3 is 9.80 Å². The fourth-order valence-electron chi connectivity index (χ4n) is 3.03. The number of benzene rings is 2. The van der Waals surface area contributed by atoms with Gasteiger partial charge in [0.2, 0.25) is 5.91 Å². The average molecular weight is 395 g/mol. The fraction of sp³-hybridized carbons (Fsp3) is 0.263. The molecule has 1 unspecified atom stereocenters. The van der Waals surface area contributed by atoms with E-state index in [1.54, 1.807) is 25.1 Å². The smallest absolute Gasteiger partial charge is 0.256 e. The Morgan fingerprint density at radius 3 is 2.58 bits per heavy atom. The van der Waals surface area contributed by atoms with Crippen LogP contribution in [0.15, 0.2) is 36.4 Å². The molecule has 1 fully saturated rings. The number of piperazine rings is 1. The van der Waals surface area contributed by atoms with Crippen molar-refractivity contribution < 1.29 is 14.0 Å². The van der Waals surface area contributed by atoms with Gasteiger partial charge in [0.05, 0.1) is 16.3 Å². The van der Waals surface area contributed by atoms with E-state index in [0.717, 1.165) is 5.56 Å². The highest BCUT2D eigenvalue weighted by Crippen LogP contribution is 2.27. The van der Waals surface area contributed by atoms with Crippen molar-refractivity contribution in [3.05, 3.63) is 63.4 Å². The molecule has 1 aliphatic rings. The Balaban J connectivity index is 1.86. The third kappa shape index (κ3) is 3.41. The van der Waals surface area contributed by atoms with Crippen molar-refractivity contribution in [3.63, 3.8) is 0 Å². The predicted octanol–water partition coefficient (Wildman–Crippen LogP) is 4.32. The van der Waals surface area contributed by atoms with Gasteiger partial charge in [-0.05, 0) is 49.7 Å². The van der Waals surface area contributed by atoms with Crippen LogP contribution in [0.2, 0.25) is 10.0 Å². The van der Waals surface area contributed by atoms with Crippen LogP contribution in [0.3, 0.4) is 0 Å². The van der Waals surface area contributed by atoms with Gasteiger partial charge in [-0.2, -0.15) is 0 Å². The van der Waals surface area contributed by atoms with Crippen molar-refractivity contribution in [1.29, 1.82) is 0 Å². The van der Waals surface area contributed by atoms with E-state index in [-0.39, 0.29) is 41.2 Å². The minimum Gasteiger partial charge on any atom is -0.325 e. The Morgan fingerprint density at radius 1 is 1.15 bits per heavy atom. The Labute approximate surface area is 161 Å². The molecule has 0 aromatic heterocycles. The normalized spacial score (nSPS) is 17.6. The molecule has 0 bridgehead atoms. The maximum atomic E-state index is 14.2. The summed E-state index contributed by atoms with van der Waals surface area (Å²) in [4.78, 5) is 28.4. The summed E-state index contributed by atoms with van der Waals surface area (Å²) in [5.41, 5.74) is 1.37. The number of halogens is 3. The number of amides is 2. The third-order valence-corrected chi connectivity index (χ3v) is 5.02. The van der Waals surface area contributed by atoms with Gasteiger partial charge in [-0.1, -0.05) is 29.3 Å². The van der Waals surface area contributed by atoms with E-state index in [1.165, 1.54) is 28.0 Å². The highest BCUT2D eigenvalue weighted by Gasteiger charge is 2.36. The van der Waals surface area contributed by atoms with Crippen LogP contribution in [0.4, 0.5) is 10.1 Å². The predicted molar refractivity (Wildman–Crippen MR) is 100 cm³/mol. The van der Waals surface area contributed by atoms with E-state index >= 15 is 0 Å². The molecule has 0 saturated carbocycles. The first-order chi connectivity index (χ1) is 12.3. The van der Waals surface area contributed by atoms with E-state index in [4.69, 9.17) is 23.2 Å². The second kappa shape index (κ2) is 7.25. The first-order valence-corrected chi connectivity index (χ1v) is 8.88. The number of nitrogens with zero attached hydrogens (tertiary/aromatic N) is 2. The molecule has 0 aliphatic carbocycles. The van der Waals surface area contributed by atoms with E-state index in [2.05, 4.69) is 0 Å². The lowest BCUT2D eigenvalue weighted by Gasteiger charge is -2.39. The van der Waals surface area contributed by atoms with Crippen LogP contribution in [0.5, 0.6) is 0 Å². The molecule has 1 aliphatic heterocycles. The van der Waals surface area contributed by atoms with E-state index in [0.29, 0.717) is 5.02 Å². The number of aryl methyl sites for hydroxylation is 1. The summed E-state index contributed by atoms with van der Waals surface area (Å²) in [6.45, 7) is 3.95. The molecular weight excluding hydrogens is 378 g/mol. The second-order valence-corrected chi connectivity index (χ2v) is 7.09. The zero-order valence-corrected chi connectivity index (χ0v) is 15.8. The van der Waals surface area contributed by atoms with Crippen LogP contribution >= 0.6 is 23.2 Å². The lowest BCUT2D eigenvalue weighted by atomic mass is 10.1. The van der Waals surface area contributed by atoms with E-state index < -0.39 is 11.9 Å². The number of rotatable bonds is 2. The lowest BCUT2D eigenvalue weighted by Crippen LogP contribution is -2.58. The standard InChI is InChI=1S/C19H17Cl2FN2O2/c1-11-3-6-16(22)17(9-11)24-8-7-23(12(2)18(24)25)19(26)14-5-4-13(20)10-15(14)21/h3-6,9-10,12H,7-8H2,1-2H3. The van der Waals surface area contributed by atoms with Gasteiger partial charge in [-0.3, -0.25) is 9.59 Å². The van der Waals surface area contributed by atoms with Crippen molar-refractivity contribution in [2.45, 2.75) is 19.9 Å². The molecule has 4 nitrogen and oxygen atoms in total. The maximum Gasteiger partial charge on any atom is 0.256 e. The molecule has 1 saturated heterocycles. The quantitative estimate of drug-likeness (QED) is 0.760. The summed E-state index contributed by atoms with van der Waals surface area (Å²) in [6.07, 6.45) is 0. The van der Waals surface area contributed by atoms with Gasteiger partial charge in [-0.15, -0.1) is 0 Å². The first kappa shape index (κ1) is 18.7. The van der Waals surface area contributed by atoms with Gasteiger partial charge in [0.1, 0.15) is 11.9 Å². The van der Waals surface area contributed by atoms with Crippen molar-refractivity contribution in [1.82, 2.24) is 4.90 Å². The summed E-state index contributed by atoms with van der Waals surface area (Å²) >= 11 is 12.0. The Kier molecular flexibility index (Phi) is 5.21.